The van der Waals surface area contributed by atoms with Gasteiger partial charge in [0.15, 0.2) is 11.5 Å². The fourth-order valence-corrected chi connectivity index (χ4v) is 3.12. The summed E-state index contributed by atoms with van der Waals surface area (Å²) in [4.78, 5) is 23.4. The number of methoxy groups -OCH3 is 1. The zero-order valence-electron chi connectivity index (χ0n) is 17.6. The maximum atomic E-state index is 12.6. The van der Waals surface area contributed by atoms with Gasteiger partial charge in [0.05, 0.1) is 19.7 Å². The van der Waals surface area contributed by atoms with Gasteiger partial charge < -0.3 is 14.6 Å². The fourth-order valence-electron chi connectivity index (χ4n) is 2.95. The van der Waals surface area contributed by atoms with Crippen molar-refractivity contribution < 1.29 is 19.4 Å². The molecule has 3 aromatic rings. The molecule has 1 aromatic heterocycles. The molecule has 10 heteroatoms. The number of nitrogens with zero attached hydrogens (tertiary/aromatic N) is 3. The highest BCUT2D eigenvalue weighted by molar-refractivity contribution is 7.71. The predicted molar refractivity (Wildman–Crippen MR) is 121 cm³/mol. The molecule has 0 aliphatic heterocycles. The van der Waals surface area contributed by atoms with Crippen LogP contribution in [0.5, 0.6) is 11.5 Å². The average molecular weight is 455 g/mol. The van der Waals surface area contributed by atoms with Gasteiger partial charge in [0, 0.05) is 12.0 Å². The number of carboxylic acids is 1. The number of hydrogen-bond acceptors (Lipinski definition) is 7. The number of ether oxygens (including phenoxy) is 2. The first-order valence-corrected chi connectivity index (χ1v) is 10.1. The molecule has 166 valence electrons. The van der Waals surface area contributed by atoms with Crippen LogP contribution in [0.3, 0.4) is 0 Å². The molecule has 0 aliphatic rings. The highest BCUT2D eigenvalue weighted by atomic mass is 32.1. The number of hydrogen-bond donors (Lipinski definition) is 2. The summed E-state index contributed by atoms with van der Waals surface area (Å²) in [5.74, 6) is -0.0603. The number of nitrogens with one attached hydrogen (secondary N) is 1. The lowest BCUT2D eigenvalue weighted by molar-refractivity contribution is -0.136. The summed E-state index contributed by atoms with van der Waals surface area (Å²) in [5, 5.41) is 19.4. The van der Waals surface area contributed by atoms with E-state index in [9.17, 15) is 9.59 Å². The Hall–Kier alpha value is -3.79. The first kappa shape index (κ1) is 22.9. The Balaban J connectivity index is 1.92. The molecule has 0 atom stereocenters. The predicted octanol–water partition coefficient (Wildman–Crippen LogP) is 3.10. The molecular formula is C22H22N4O5S. The van der Waals surface area contributed by atoms with Crippen LogP contribution in [0.25, 0.3) is 0 Å². The third-order valence-electron chi connectivity index (χ3n) is 4.50. The number of rotatable bonds is 9. The van der Waals surface area contributed by atoms with Crippen LogP contribution in [0.15, 0.2) is 52.4 Å². The molecule has 9 nitrogen and oxygen atoms in total. The number of carbonyl (C=O) groups is 1. The summed E-state index contributed by atoms with van der Waals surface area (Å²) in [6, 6.07) is 13.2. The Morgan fingerprint density at radius 1 is 1.31 bits per heavy atom. The van der Waals surface area contributed by atoms with Crippen LogP contribution < -0.4 is 15.0 Å². The van der Waals surface area contributed by atoms with Crippen LogP contribution in [0.2, 0.25) is 0 Å². The molecule has 3 rings (SSSR count). The van der Waals surface area contributed by atoms with E-state index in [1.165, 1.54) is 13.3 Å². The van der Waals surface area contributed by atoms with Crippen molar-refractivity contribution in [2.24, 2.45) is 5.10 Å². The van der Waals surface area contributed by atoms with Crippen molar-refractivity contribution in [2.45, 2.75) is 26.4 Å². The minimum Gasteiger partial charge on any atom is -0.493 e. The zero-order valence-corrected chi connectivity index (χ0v) is 18.4. The largest absolute Gasteiger partial charge is 0.493 e. The highest BCUT2D eigenvalue weighted by Crippen LogP contribution is 2.31. The molecule has 2 N–H and O–H groups in total. The molecule has 0 radical (unpaired) electrons. The van der Waals surface area contributed by atoms with Gasteiger partial charge in [-0.1, -0.05) is 35.9 Å². The maximum Gasteiger partial charge on any atom is 0.303 e. The van der Waals surface area contributed by atoms with E-state index in [0.717, 1.165) is 15.8 Å². The second kappa shape index (κ2) is 10.5. The lowest BCUT2D eigenvalue weighted by Gasteiger charge is -2.13. The van der Waals surface area contributed by atoms with Gasteiger partial charge in [-0.3, -0.25) is 14.7 Å². The summed E-state index contributed by atoms with van der Waals surface area (Å²) in [7, 11) is 1.54. The fraction of sp³-hybridized carbons (Fsp3) is 0.227. The molecule has 0 saturated heterocycles. The SMILES string of the molecule is COc1cccc(/C=N\n2c(=S)[nH]nc(CCC(=O)O)c2=O)c1OCc1cccc(C)c1. The molecule has 32 heavy (non-hydrogen) atoms. The first-order chi connectivity index (χ1) is 15.4. The Morgan fingerprint density at radius 2 is 2.09 bits per heavy atom. The van der Waals surface area contributed by atoms with E-state index in [1.807, 2.05) is 31.2 Å². The van der Waals surface area contributed by atoms with Crippen molar-refractivity contribution in [3.63, 3.8) is 0 Å². The standard InChI is InChI=1S/C22H22N4O5S/c1-14-5-3-6-15(11-14)13-31-20-16(7-4-8-18(20)30-2)12-23-26-21(29)17(9-10-19(27)28)24-25-22(26)32/h3-8,11-12H,9-10,13H2,1-2H3,(H,25,32)(H,27,28)/b23-12-. The average Bonchev–Trinajstić information content (AvgIpc) is 2.77. The van der Waals surface area contributed by atoms with Gasteiger partial charge in [0.25, 0.3) is 5.56 Å². The molecule has 0 fully saturated rings. The van der Waals surface area contributed by atoms with Crippen molar-refractivity contribution in [1.29, 1.82) is 0 Å². The number of aryl methyl sites for hydroxylation is 2. The van der Waals surface area contributed by atoms with Crippen LogP contribution in [-0.4, -0.2) is 39.3 Å². The second-order valence-corrected chi connectivity index (χ2v) is 7.27. The zero-order chi connectivity index (χ0) is 23.1. The lowest BCUT2D eigenvalue weighted by Crippen LogP contribution is -2.25. The number of benzene rings is 2. The van der Waals surface area contributed by atoms with E-state index < -0.39 is 11.5 Å². The first-order valence-electron chi connectivity index (χ1n) is 9.71. The van der Waals surface area contributed by atoms with Gasteiger partial charge in [0.2, 0.25) is 4.77 Å². The summed E-state index contributed by atoms with van der Waals surface area (Å²) in [6.07, 6.45) is 1.16. The molecule has 0 bridgehead atoms. The van der Waals surface area contributed by atoms with Crippen molar-refractivity contribution in [1.82, 2.24) is 14.9 Å². The monoisotopic (exact) mass is 454 g/mol. The van der Waals surface area contributed by atoms with Gasteiger partial charge in [0.1, 0.15) is 12.3 Å². The second-order valence-electron chi connectivity index (χ2n) is 6.89. The van der Waals surface area contributed by atoms with Crippen LogP contribution in [0.4, 0.5) is 0 Å². The minimum atomic E-state index is -1.03. The molecule has 0 amide bonds. The van der Waals surface area contributed by atoms with Gasteiger partial charge in [-0.2, -0.15) is 14.9 Å². The topological polar surface area (TPSA) is 119 Å². The number of carboxylic acid groups (broad SMARTS) is 1. The Kier molecular flexibility index (Phi) is 7.50. The Bertz CT molecular complexity index is 1270. The third kappa shape index (κ3) is 5.67. The number of aromatic nitrogens is 3. The van der Waals surface area contributed by atoms with E-state index in [2.05, 4.69) is 15.3 Å². The van der Waals surface area contributed by atoms with Gasteiger partial charge in [-0.05, 0) is 36.8 Å². The van der Waals surface area contributed by atoms with Crippen molar-refractivity contribution in [2.75, 3.05) is 7.11 Å². The van der Waals surface area contributed by atoms with Gasteiger partial charge >= 0.3 is 5.97 Å². The number of H-pyrrole nitrogens is 1. The van der Waals surface area contributed by atoms with E-state index >= 15 is 0 Å². The summed E-state index contributed by atoms with van der Waals surface area (Å²) in [5.41, 5.74) is 2.13. The van der Waals surface area contributed by atoms with Gasteiger partial charge in [-0.25, -0.2) is 0 Å². The van der Waals surface area contributed by atoms with Crippen molar-refractivity contribution in [3.8, 4) is 11.5 Å². The molecule has 1 heterocycles. The summed E-state index contributed by atoms with van der Waals surface area (Å²) < 4.78 is 12.4. The van der Waals surface area contributed by atoms with Gasteiger partial charge in [-0.15, -0.1) is 0 Å². The summed E-state index contributed by atoms with van der Waals surface area (Å²) >= 11 is 5.12. The van der Waals surface area contributed by atoms with Crippen LogP contribution >= 0.6 is 12.2 Å². The molecule has 0 aliphatic carbocycles. The molecular weight excluding hydrogens is 432 g/mol. The van der Waals surface area contributed by atoms with E-state index in [0.29, 0.717) is 23.7 Å². The van der Waals surface area contributed by atoms with E-state index in [1.54, 1.807) is 18.2 Å². The maximum absolute atomic E-state index is 12.6. The quantitative estimate of drug-likeness (QED) is 0.377. The normalized spacial score (nSPS) is 10.9. The number of para-hydroxylation sites is 1. The van der Waals surface area contributed by atoms with Crippen molar-refractivity contribution in [3.05, 3.63) is 80.0 Å². The molecule has 0 unspecified atom stereocenters. The van der Waals surface area contributed by atoms with Crippen molar-refractivity contribution >= 4 is 24.4 Å². The van der Waals surface area contributed by atoms with Crippen LogP contribution in [0, 0.1) is 11.7 Å². The van der Waals surface area contributed by atoms with Crippen LogP contribution in [0.1, 0.15) is 28.8 Å². The molecule has 0 spiro atoms. The number of aromatic amines is 1. The van der Waals surface area contributed by atoms with E-state index in [4.69, 9.17) is 26.8 Å². The van der Waals surface area contributed by atoms with Crippen LogP contribution in [-0.2, 0) is 17.8 Å². The van der Waals surface area contributed by atoms with E-state index in [-0.39, 0.29) is 23.3 Å². The lowest BCUT2D eigenvalue weighted by atomic mass is 10.1. The minimum absolute atomic E-state index is 0.0181. The highest BCUT2D eigenvalue weighted by Gasteiger charge is 2.12. The Morgan fingerprint density at radius 3 is 2.81 bits per heavy atom. The summed E-state index contributed by atoms with van der Waals surface area (Å²) in [6.45, 7) is 2.32. The Labute approximate surface area is 189 Å². The molecule has 2 aromatic carbocycles. The smallest absolute Gasteiger partial charge is 0.303 e. The number of aliphatic carboxylic acids is 1. The third-order valence-corrected chi connectivity index (χ3v) is 4.77. The molecule has 0 saturated carbocycles.